The molecule has 1 fully saturated rings. The zero-order chi connectivity index (χ0) is 16.8. The van der Waals surface area contributed by atoms with Crippen LogP contribution in [0.5, 0.6) is 0 Å². The number of nitrogens with zero attached hydrogens (tertiary/aromatic N) is 4. The summed E-state index contributed by atoms with van der Waals surface area (Å²) in [4.78, 5) is 22.8. The molecule has 1 saturated heterocycles. The average molecular weight is 344 g/mol. The number of carbonyl (C=O) groups excluding carboxylic acids is 1. The molecule has 0 aliphatic carbocycles. The van der Waals surface area contributed by atoms with Gasteiger partial charge in [0.15, 0.2) is 0 Å². The van der Waals surface area contributed by atoms with Crippen molar-refractivity contribution in [3.63, 3.8) is 0 Å². The number of aromatic amines is 1. The molecule has 0 saturated carbocycles. The maximum atomic E-state index is 12.9. The Balaban J connectivity index is 1.70. The fourth-order valence-corrected chi connectivity index (χ4v) is 3.63. The summed E-state index contributed by atoms with van der Waals surface area (Å²) in [6.07, 6.45) is 3.34. The van der Waals surface area contributed by atoms with Gasteiger partial charge < -0.3 is 9.88 Å². The van der Waals surface area contributed by atoms with E-state index in [-0.39, 0.29) is 11.9 Å². The van der Waals surface area contributed by atoms with Crippen molar-refractivity contribution in [2.45, 2.75) is 25.8 Å². The largest absolute Gasteiger partial charge is 0.340 e. The van der Waals surface area contributed by atoms with Gasteiger partial charge in [0.2, 0.25) is 0 Å². The number of aromatic nitrogens is 4. The molecule has 0 bridgehead atoms. The summed E-state index contributed by atoms with van der Waals surface area (Å²) < 4.78 is 1.53. The quantitative estimate of drug-likeness (QED) is 0.776. The average Bonchev–Trinajstić information content (AvgIpc) is 3.24. The lowest BCUT2D eigenvalue weighted by atomic mass is 10.2. The second kappa shape index (κ2) is 5.63. The van der Waals surface area contributed by atoms with E-state index in [1.807, 2.05) is 17.0 Å². The number of hydrogen-bond donors (Lipinski definition) is 1. The van der Waals surface area contributed by atoms with Gasteiger partial charge in [-0.2, -0.15) is 5.10 Å². The van der Waals surface area contributed by atoms with Crippen LogP contribution in [0.4, 0.5) is 0 Å². The van der Waals surface area contributed by atoms with Crippen molar-refractivity contribution in [3.8, 4) is 0 Å². The van der Waals surface area contributed by atoms with Crippen molar-refractivity contribution >= 4 is 28.5 Å². The van der Waals surface area contributed by atoms with E-state index in [0.717, 1.165) is 29.7 Å². The highest BCUT2D eigenvalue weighted by Crippen LogP contribution is 2.33. The third-order valence-electron chi connectivity index (χ3n) is 4.58. The minimum absolute atomic E-state index is 0.0591. The minimum atomic E-state index is -0.0980. The predicted octanol–water partition coefficient (Wildman–Crippen LogP) is 3.24. The van der Waals surface area contributed by atoms with E-state index in [2.05, 4.69) is 28.1 Å². The first kappa shape index (κ1) is 15.2. The predicted molar refractivity (Wildman–Crippen MR) is 92.1 cm³/mol. The lowest BCUT2D eigenvalue weighted by Gasteiger charge is -2.23. The number of H-pyrrole nitrogens is 1. The summed E-state index contributed by atoms with van der Waals surface area (Å²) in [6.45, 7) is 2.75. The Labute approximate surface area is 144 Å². The van der Waals surface area contributed by atoms with E-state index >= 15 is 0 Å². The number of carbonyl (C=O) groups is 1. The van der Waals surface area contributed by atoms with E-state index in [4.69, 9.17) is 11.6 Å². The zero-order valence-electron chi connectivity index (χ0n) is 13.6. The van der Waals surface area contributed by atoms with Crippen molar-refractivity contribution in [2.24, 2.45) is 7.05 Å². The number of nitrogens with one attached hydrogen (secondary N) is 1. The molecule has 1 atom stereocenters. The molecule has 124 valence electrons. The van der Waals surface area contributed by atoms with Gasteiger partial charge in [0.1, 0.15) is 11.5 Å². The fraction of sp³-hybridized carbons (Fsp3) is 0.353. The molecular formula is C17H18ClN5O. The molecule has 2 aromatic heterocycles. The highest BCUT2D eigenvalue weighted by atomic mass is 35.5. The topological polar surface area (TPSA) is 66.8 Å². The molecule has 1 aliphatic rings. The molecule has 6 nitrogen and oxygen atoms in total. The second-order valence-corrected chi connectivity index (χ2v) is 6.67. The lowest BCUT2D eigenvalue weighted by molar-refractivity contribution is 0.0719. The zero-order valence-corrected chi connectivity index (χ0v) is 14.3. The number of benzene rings is 1. The van der Waals surface area contributed by atoms with Gasteiger partial charge in [-0.25, -0.2) is 4.98 Å². The second-order valence-electron chi connectivity index (χ2n) is 6.26. The number of halogens is 1. The highest BCUT2D eigenvalue weighted by molar-refractivity contribution is 6.33. The van der Waals surface area contributed by atoms with Gasteiger partial charge in [-0.05, 0) is 37.5 Å². The van der Waals surface area contributed by atoms with Crippen molar-refractivity contribution in [1.82, 2.24) is 24.6 Å². The summed E-state index contributed by atoms with van der Waals surface area (Å²) in [5, 5.41) is 4.45. The van der Waals surface area contributed by atoms with E-state index in [9.17, 15) is 4.79 Å². The molecule has 0 spiro atoms. The number of amides is 1. The third kappa shape index (κ3) is 2.38. The number of imidazole rings is 1. The Morgan fingerprint density at radius 1 is 1.42 bits per heavy atom. The Kier molecular flexibility index (Phi) is 3.57. The van der Waals surface area contributed by atoms with Crippen LogP contribution >= 0.6 is 11.6 Å². The minimum Gasteiger partial charge on any atom is -0.340 e. The molecule has 7 heteroatoms. The first-order chi connectivity index (χ1) is 11.5. The maximum absolute atomic E-state index is 12.9. The van der Waals surface area contributed by atoms with Crippen molar-refractivity contribution in [2.75, 3.05) is 6.54 Å². The van der Waals surface area contributed by atoms with Crippen LogP contribution in [-0.2, 0) is 7.05 Å². The molecular weight excluding hydrogens is 326 g/mol. The van der Waals surface area contributed by atoms with E-state index in [1.54, 1.807) is 7.05 Å². The van der Waals surface area contributed by atoms with Gasteiger partial charge in [-0.1, -0.05) is 17.7 Å². The standard InChI is InChI=1S/C17H18ClN5O/c1-10-5-6-12-13(8-10)21-16(20-12)14-4-3-7-23(14)17(24)15-11(18)9-19-22(15)2/h5-6,8-9,14H,3-4,7H2,1-2H3,(H,20,21)/t14-/m0/s1. The number of fused-ring (bicyclic) bond motifs is 1. The van der Waals surface area contributed by atoms with Gasteiger partial charge in [-0.3, -0.25) is 9.48 Å². The van der Waals surface area contributed by atoms with Gasteiger partial charge in [-0.15, -0.1) is 0 Å². The molecule has 1 N–H and O–H groups in total. The summed E-state index contributed by atoms with van der Waals surface area (Å²) >= 11 is 6.14. The Bertz CT molecular complexity index is 909. The van der Waals surface area contributed by atoms with Crippen molar-refractivity contribution in [1.29, 1.82) is 0 Å². The molecule has 1 aromatic carbocycles. The van der Waals surface area contributed by atoms with Gasteiger partial charge in [0, 0.05) is 13.6 Å². The fourth-order valence-electron chi connectivity index (χ4n) is 3.38. The molecule has 0 radical (unpaired) electrons. The number of likely N-dealkylation sites (tertiary alicyclic amines) is 1. The molecule has 4 rings (SSSR count). The van der Waals surface area contributed by atoms with Crippen molar-refractivity contribution in [3.05, 3.63) is 46.5 Å². The van der Waals surface area contributed by atoms with Gasteiger partial charge in [0.05, 0.1) is 28.3 Å². The van der Waals surface area contributed by atoms with Crippen LogP contribution < -0.4 is 0 Å². The monoisotopic (exact) mass is 343 g/mol. The summed E-state index contributed by atoms with van der Waals surface area (Å²) in [7, 11) is 1.73. The van der Waals surface area contributed by atoms with Crippen LogP contribution in [0, 0.1) is 6.92 Å². The van der Waals surface area contributed by atoms with Crippen LogP contribution in [0.1, 0.15) is 40.8 Å². The van der Waals surface area contributed by atoms with Gasteiger partial charge in [0.25, 0.3) is 5.91 Å². The van der Waals surface area contributed by atoms with E-state index in [0.29, 0.717) is 17.3 Å². The summed E-state index contributed by atoms with van der Waals surface area (Å²) in [5.74, 6) is 0.735. The lowest BCUT2D eigenvalue weighted by Crippen LogP contribution is -2.32. The van der Waals surface area contributed by atoms with E-state index < -0.39 is 0 Å². The molecule has 0 unspecified atom stereocenters. The Hall–Kier alpha value is -2.34. The molecule has 1 aliphatic heterocycles. The molecule has 1 amide bonds. The first-order valence-electron chi connectivity index (χ1n) is 7.99. The molecule has 3 aromatic rings. The summed E-state index contributed by atoms with van der Waals surface area (Å²) in [6, 6.07) is 6.06. The van der Waals surface area contributed by atoms with Crippen LogP contribution in [0.15, 0.2) is 24.4 Å². The van der Waals surface area contributed by atoms with Crippen molar-refractivity contribution < 1.29 is 4.79 Å². The summed E-state index contributed by atoms with van der Waals surface area (Å²) in [5.41, 5.74) is 3.53. The van der Waals surface area contributed by atoms with Gasteiger partial charge >= 0.3 is 0 Å². The van der Waals surface area contributed by atoms with Crippen LogP contribution in [0.25, 0.3) is 11.0 Å². The smallest absolute Gasteiger partial charge is 0.274 e. The van der Waals surface area contributed by atoms with E-state index in [1.165, 1.54) is 16.4 Å². The Morgan fingerprint density at radius 2 is 2.25 bits per heavy atom. The van der Waals surface area contributed by atoms with Crippen LogP contribution in [0.2, 0.25) is 5.02 Å². The third-order valence-corrected chi connectivity index (χ3v) is 4.86. The highest BCUT2D eigenvalue weighted by Gasteiger charge is 2.34. The maximum Gasteiger partial charge on any atom is 0.274 e. The molecule has 3 heterocycles. The normalized spacial score (nSPS) is 17.8. The number of rotatable bonds is 2. The van der Waals surface area contributed by atoms with Crippen LogP contribution in [0.3, 0.4) is 0 Å². The SMILES string of the molecule is Cc1ccc2nc([C@@H]3CCCN3C(=O)c3c(Cl)cnn3C)[nH]c2c1. The molecule has 24 heavy (non-hydrogen) atoms. The first-order valence-corrected chi connectivity index (χ1v) is 8.37. The number of aryl methyl sites for hydroxylation is 2. The van der Waals surface area contributed by atoms with Crippen LogP contribution in [-0.4, -0.2) is 37.1 Å². The Morgan fingerprint density at radius 3 is 3.00 bits per heavy atom. The number of hydrogen-bond acceptors (Lipinski definition) is 3.